The molecule has 1 amide bonds. The number of hydrogen-bond acceptors (Lipinski definition) is 4. The molecule has 0 fully saturated rings. The van der Waals surface area contributed by atoms with E-state index in [1.807, 2.05) is 24.9 Å². The van der Waals surface area contributed by atoms with Crippen molar-refractivity contribution in [3.63, 3.8) is 0 Å². The van der Waals surface area contributed by atoms with Crippen LogP contribution in [0.5, 0.6) is 0 Å². The molecule has 0 unspecified atom stereocenters. The van der Waals surface area contributed by atoms with Crippen molar-refractivity contribution in [2.75, 3.05) is 25.6 Å². The molecule has 0 aliphatic rings. The summed E-state index contributed by atoms with van der Waals surface area (Å²) in [5.41, 5.74) is 0. The SMILES string of the molecule is C[C@H](C[S@@](C)=O)N(C)CC(=O)NCc1ccco1. The zero-order valence-electron chi connectivity index (χ0n) is 11.0. The number of furan rings is 1. The first-order valence-electron chi connectivity index (χ1n) is 5.78. The van der Waals surface area contributed by atoms with Gasteiger partial charge in [-0.05, 0) is 26.1 Å². The number of likely N-dealkylation sites (N-methyl/N-ethyl adjacent to an activating group) is 1. The van der Waals surface area contributed by atoms with Crippen molar-refractivity contribution < 1.29 is 13.4 Å². The summed E-state index contributed by atoms with van der Waals surface area (Å²) in [6.07, 6.45) is 3.24. The van der Waals surface area contributed by atoms with Gasteiger partial charge in [0, 0.05) is 28.9 Å². The molecule has 1 heterocycles. The average Bonchev–Trinajstić information content (AvgIpc) is 2.78. The van der Waals surface area contributed by atoms with Gasteiger partial charge in [-0.1, -0.05) is 0 Å². The lowest BCUT2D eigenvalue weighted by molar-refractivity contribution is -0.122. The Bertz CT molecular complexity index is 392. The molecule has 1 rings (SSSR count). The molecule has 0 aromatic carbocycles. The molecule has 0 bridgehead atoms. The Balaban J connectivity index is 2.28. The Morgan fingerprint density at radius 2 is 2.33 bits per heavy atom. The Morgan fingerprint density at radius 1 is 1.61 bits per heavy atom. The second kappa shape index (κ2) is 7.33. The molecular formula is C12H20N2O3S. The van der Waals surface area contributed by atoms with Gasteiger partial charge in [-0.3, -0.25) is 13.9 Å². The van der Waals surface area contributed by atoms with Crippen LogP contribution in [0, 0.1) is 0 Å². The third-order valence-electron chi connectivity index (χ3n) is 2.66. The van der Waals surface area contributed by atoms with E-state index in [9.17, 15) is 9.00 Å². The normalized spacial score (nSPS) is 14.4. The highest BCUT2D eigenvalue weighted by atomic mass is 32.2. The van der Waals surface area contributed by atoms with Gasteiger partial charge in [0.25, 0.3) is 0 Å². The van der Waals surface area contributed by atoms with Crippen molar-refractivity contribution in [1.29, 1.82) is 0 Å². The summed E-state index contributed by atoms with van der Waals surface area (Å²) >= 11 is 0. The summed E-state index contributed by atoms with van der Waals surface area (Å²) in [5.74, 6) is 1.23. The van der Waals surface area contributed by atoms with Crippen molar-refractivity contribution >= 4 is 16.7 Å². The van der Waals surface area contributed by atoms with Crippen molar-refractivity contribution in [2.24, 2.45) is 0 Å². The zero-order valence-corrected chi connectivity index (χ0v) is 11.8. The van der Waals surface area contributed by atoms with Gasteiger partial charge in [-0.2, -0.15) is 0 Å². The molecule has 102 valence electrons. The molecule has 0 aliphatic carbocycles. The standard InChI is InChI=1S/C12H20N2O3S/c1-10(9-18(3)16)14(2)8-12(15)13-7-11-5-4-6-17-11/h4-6,10H,7-9H2,1-3H3,(H,13,15)/t10-,18-/m1/s1. The van der Waals surface area contributed by atoms with E-state index in [-0.39, 0.29) is 11.9 Å². The van der Waals surface area contributed by atoms with Gasteiger partial charge < -0.3 is 9.73 Å². The van der Waals surface area contributed by atoms with E-state index in [1.54, 1.807) is 18.6 Å². The molecule has 1 aromatic heterocycles. The van der Waals surface area contributed by atoms with Crippen LogP contribution in [0.15, 0.2) is 22.8 Å². The maximum absolute atomic E-state index is 11.7. The molecule has 2 atom stereocenters. The molecule has 0 saturated carbocycles. The zero-order chi connectivity index (χ0) is 13.5. The summed E-state index contributed by atoms with van der Waals surface area (Å²) < 4.78 is 16.2. The summed E-state index contributed by atoms with van der Waals surface area (Å²) in [7, 11) is 1.00. The Labute approximate surface area is 110 Å². The van der Waals surface area contributed by atoms with Crippen molar-refractivity contribution in [1.82, 2.24) is 10.2 Å². The lowest BCUT2D eigenvalue weighted by Crippen LogP contribution is -2.41. The lowest BCUT2D eigenvalue weighted by atomic mass is 10.3. The van der Waals surface area contributed by atoms with E-state index in [0.29, 0.717) is 18.8 Å². The number of hydrogen-bond donors (Lipinski definition) is 1. The van der Waals surface area contributed by atoms with Crippen molar-refractivity contribution in [3.05, 3.63) is 24.2 Å². The number of nitrogens with zero attached hydrogens (tertiary/aromatic N) is 1. The van der Waals surface area contributed by atoms with E-state index in [1.165, 1.54) is 0 Å². The van der Waals surface area contributed by atoms with Crippen molar-refractivity contribution in [3.8, 4) is 0 Å². The number of rotatable bonds is 7. The minimum absolute atomic E-state index is 0.0670. The summed E-state index contributed by atoms with van der Waals surface area (Å²) in [6, 6.07) is 3.71. The largest absolute Gasteiger partial charge is 0.467 e. The Hall–Kier alpha value is -1.14. The van der Waals surface area contributed by atoms with Gasteiger partial charge in [0.1, 0.15) is 5.76 Å². The number of nitrogens with one attached hydrogen (secondary N) is 1. The van der Waals surface area contributed by atoms with Crippen LogP contribution in [0.3, 0.4) is 0 Å². The Kier molecular flexibility index (Phi) is 6.07. The maximum atomic E-state index is 11.7. The van der Waals surface area contributed by atoms with Crippen LogP contribution in [0.1, 0.15) is 12.7 Å². The fourth-order valence-electron chi connectivity index (χ4n) is 1.50. The smallest absolute Gasteiger partial charge is 0.234 e. The van der Waals surface area contributed by atoms with Gasteiger partial charge in [0.15, 0.2) is 0 Å². The molecule has 0 radical (unpaired) electrons. The predicted molar refractivity (Wildman–Crippen MR) is 71.6 cm³/mol. The van der Waals surface area contributed by atoms with Gasteiger partial charge in [0.05, 0.1) is 19.4 Å². The van der Waals surface area contributed by atoms with Crippen LogP contribution >= 0.6 is 0 Å². The van der Waals surface area contributed by atoms with E-state index in [2.05, 4.69) is 5.32 Å². The van der Waals surface area contributed by atoms with Crippen LogP contribution in [-0.4, -0.2) is 46.7 Å². The minimum Gasteiger partial charge on any atom is -0.467 e. The number of carbonyl (C=O) groups is 1. The molecule has 6 heteroatoms. The second-order valence-electron chi connectivity index (χ2n) is 4.36. The first-order valence-corrected chi connectivity index (χ1v) is 7.51. The van der Waals surface area contributed by atoms with Gasteiger partial charge in [0.2, 0.25) is 5.91 Å². The van der Waals surface area contributed by atoms with Crippen molar-refractivity contribution in [2.45, 2.75) is 19.5 Å². The molecule has 18 heavy (non-hydrogen) atoms. The fraction of sp³-hybridized carbons (Fsp3) is 0.583. The first kappa shape index (κ1) is 14.9. The molecule has 0 aliphatic heterocycles. The Morgan fingerprint density at radius 3 is 2.89 bits per heavy atom. The fourth-order valence-corrected chi connectivity index (χ4v) is 2.44. The van der Waals surface area contributed by atoms with Crippen LogP contribution in [0.25, 0.3) is 0 Å². The maximum Gasteiger partial charge on any atom is 0.234 e. The highest BCUT2D eigenvalue weighted by Gasteiger charge is 2.14. The molecule has 0 spiro atoms. The highest BCUT2D eigenvalue weighted by molar-refractivity contribution is 7.84. The topological polar surface area (TPSA) is 62.6 Å². The van der Waals surface area contributed by atoms with Crippen LogP contribution in [0.2, 0.25) is 0 Å². The van der Waals surface area contributed by atoms with Crippen LogP contribution in [0.4, 0.5) is 0 Å². The van der Waals surface area contributed by atoms with Gasteiger partial charge >= 0.3 is 0 Å². The highest BCUT2D eigenvalue weighted by Crippen LogP contribution is 2.00. The third-order valence-corrected chi connectivity index (χ3v) is 3.61. The molecular weight excluding hydrogens is 252 g/mol. The number of carbonyl (C=O) groups excluding carboxylic acids is 1. The lowest BCUT2D eigenvalue weighted by Gasteiger charge is -2.23. The summed E-state index contributed by atoms with van der Waals surface area (Å²) in [6.45, 7) is 2.65. The van der Waals surface area contributed by atoms with Crippen LogP contribution in [-0.2, 0) is 22.1 Å². The molecule has 0 saturated heterocycles. The second-order valence-corrected chi connectivity index (χ2v) is 5.84. The molecule has 5 nitrogen and oxygen atoms in total. The third kappa shape index (κ3) is 5.46. The van der Waals surface area contributed by atoms with E-state index in [0.717, 1.165) is 5.76 Å². The van der Waals surface area contributed by atoms with E-state index in [4.69, 9.17) is 4.42 Å². The molecule has 1 aromatic rings. The number of amides is 1. The summed E-state index contributed by atoms with van der Waals surface area (Å²) in [5, 5.41) is 2.77. The quantitative estimate of drug-likeness (QED) is 0.789. The van der Waals surface area contributed by atoms with Crippen LogP contribution < -0.4 is 5.32 Å². The summed E-state index contributed by atoms with van der Waals surface area (Å²) in [4.78, 5) is 13.6. The molecule has 1 N–H and O–H groups in total. The van der Waals surface area contributed by atoms with E-state index >= 15 is 0 Å². The van der Waals surface area contributed by atoms with E-state index < -0.39 is 10.8 Å². The van der Waals surface area contributed by atoms with Gasteiger partial charge in [-0.25, -0.2) is 0 Å². The first-order chi connectivity index (χ1) is 8.49. The predicted octanol–water partition coefficient (Wildman–Crippen LogP) is 0.595. The monoisotopic (exact) mass is 272 g/mol. The average molecular weight is 272 g/mol. The minimum atomic E-state index is -0.847. The van der Waals surface area contributed by atoms with Gasteiger partial charge in [-0.15, -0.1) is 0 Å².